The molecule has 1 N–H and O–H groups in total. The van der Waals surface area contributed by atoms with Crippen LogP contribution in [-0.2, 0) is 6.42 Å². The van der Waals surface area contributed by atoms with Crippen molar-refractivity contribution in [3.05, 3.63) is 35.7 Å². The fourth-order valence-corrected chi connectivity index (χ4v) is 1.40. The third-order valence-corrected chi connectivity index (χ3v) is 2.42. The van der Waals surface area contributed by atoms with E-state index in [0.717, 1.165) is 12.0 Å². The molecule has 0 aliphatic carbocycles. The van der Waals surface area contributed by atoms with Gasteiger partial charge in [0.25, 0.3) is 5.89 Å². The lowest BCUT2D eigenvalue weighted by molar-refractivity contribution is 0.184. The third kappa shape index (κ3) is 2.12. The topological polar surface area (TPSA) is 59.2 Å². The summed E-state index contributed by atoms with van der Waals surface area (Å²) in [5, 5.41) is 13.0. The summed E-state index contributed by atoms with van der Waals surface area (Å²) in [5.74, 6) is 0.758. The van der Waals surface area contributed by atoms with E-state index in [1.54, 1.807) is 6.92 Å². The maximum atomic E-state index is 9.28. The Kier molecular flexibility index (Phi) is 3.01. The first-order valence-electron chi connectivity index (χ1n) is 5.31. The first kappa shape index (κ1) is 10.8. The van der Waals surface area contributed by atoms with E-state index in [4.69, 9.17) is 4.52 Å². The highest BCUT2D eigenvalue weighted by molar-refractivity contribution is 5.53. The van der Waals surface area contributed by atoms with Crippen LogP contribution < -0.4 is 0 Å². The number of rotatable bonds is 3. The zero-order valence-corrected chi connectivity index (χ0v) is 9.34. The molecule has 2 rings (SSSR count). The van der Waals surface area contributed by atoms with Gasteiger partial charge in [-0.05, 0) is 31.0 Å². The Labute approximate surface area is 93.9 Å². The summed E-state index contributed by atoms with van der Waals surface area (Å²) in [5.41, 5.74) is 2.13. The largest absolute Gasteiger partial charge is 0.385 e. The van der Waals surface area contributed by atoms with E-state index in [2.05, 4.69) is 17.1 Å². The number of hydrogen-bond donors (Lipinski definition) is 1. The molecule has 1 atom stereocenters. The monoisotopic (exact) mass is 218 g/mol. The minimum absolute atomic E-state index is 0.314. The van der Waals surface area contributed by atoms with Crippen LogP contribution in [-0.4, -0.2) is 15.2 Å². The minimum atomic E-state index is -0.701. The van der Waals surface area contributed by atoms with Crippen LogP contribution in [0.1, 0.15) is 31.3 Å². The lowest BCUT2D eigenvalue weighted by Gasteiger charge is -1.97. The second kappa shape index (κ2) is 4.45. The Hall–Kier alpha value is -1.68. The second-order valence-electron chi connectivity index (χ2n) is 3.68. The average Bonchev–Trinajstić information content (AvgIpc) is 2.78. The number of aliphatic hydroxyl groups excluding tert-OH is 1. The Morgan fingerprint density at radius 1 is 1.31 bits per heavy atom. The molecular weight excluding hydrogens is 204 g/mol. The van der Waals surface area contributed by atoms with Crippen LogP contribution in [0.25, 0.3) is 11.5 Å². The highest BCUT2D eigenvalue weighted by atomic mass is 16.5. The first-order chi connectivity index (χ1) is 7.70. The van der Waals surface area contributed by atoms with Crippen molar-refractivity contribution >= 4 is 0 Å². The lowest BCUT2D eigenvalue weighted by atomic mass is 10.1. The number of nitrogens with zero attached hydrogens (tertiary/aromatic N) is 2. The van der Waals surface area contributed by atoms with Crippen LogP contribution >= 0.6 is 0 Å². The zero-order valence-electron chi connectivity index (χ0n) is 9.34. The Bertz CT molecular complexity index is 460. The Morgan fingerprint density at radius 2 is 2.00 bits per heavy atom. The summed E-state index contributed by atoms with van der Waals surface area (Å²) < 4.78 is 5.06. The molecule has 0 spiro atoms. The van der Waals surface area contributed by atoms with Crippen molar-refractivity contribution in [2.45, 2.75) is 26.4 Å². The molecule has 84 valence electrons. The van der Waals surface area contributed by atoms with Crippen LogP contribution in [0.3, 0.4) is 0 Å². The summed E-state index contributed by atoms with van der Waals surface area (Å²) in [6, 6.07) is 7.94. The summed E-state index contributed by atoms with van der Waals surface area (Å²) >= 11 is 0. The minimum Gasteiger partial charge on any atom is -0.385 e. The Morgan fingerprint density at radius 3 is 2.50 bits per heavy atom. The van der Waals surface area contributed by atoms with Crippen molar-refractivity contribution in [2.75, 3.05) is 0 Å². The predicted octanol–water partition coefficient (Wildman–Crippen LogP) is 2.35. The number of hydrogen-bond acceptors (Lipinski definition) is 4. The van der Waals surface area contributed by atoms with Crippen molar-refractivity contribution in [3.8, 4) is 11.5 Å². The van der Waals surface area contributed by atoms with Gasteiger partial charge in [-0.2, -0.15) is 4.98 Å². The summed E-state index contributed by atoms with van der Waals surface area (Å²) in [6.45, 7) is 3.71. The van der Waals surface area contributed by atoms with Gasteiger partial charge in [0.1, 0.15) is 6.10 Å². The molecule has 1 heterocycles. The molecule has 1 unspecified atom stereocenters. The average molecular weight is 218 g/mol. The molecule has 16 heavy (non-hydrogen) atoms. The molecule has 4 heteroatoms. The molecule has 0 aliphatic rings. The van der Waals surface area contributed by atoms with Gasteiger partial charge in [0, 0.05) is 5.56 Å². The standard InChI is InChI=1S/C12H14N2O2/c1-3-9-4-6-10(7-5-9)12-13-11(8(2)15)14-16-12/h4-8,15H,3H2,1-2H3. The quantitative estimate of drug-likeness (QED) is 0.859. The summed E-state index contributed by atoms with van der Waals surface area (Å²) in [6.07, 6.45) is 0.302. The van der Waals surface area contributed by atoms with Gasteiger partial charge in [-0.25, -0.2) is 0 Å². The smallest absolute Gasteiger partial charge is 0.258 e. The van der Waals surface area contributed by atoms with E-state index < -0.39 is 6.10 Å². The fourth-order valence-electron chi connectivity index (χ4n) is 1.40. The zero-order chi connectivity index (χ0) is 11.5. The maximum Gasteiger partial charge on any atom is 0.258 e. The van der Waals surface area contributed by atoms with Crippen LogP contribution in [0.15, 0.2) is 28.8 Å². The van der Waals surface area contributed by atoms with Gasteiger partial charge < -0.3 is 9.63 Å². The van der Waals surface area contributed by atoms with Crippen molar-refractivity contribution < 1.29 is 9.63 Å². The van der Waals surface area contributed by atoms with E-state index in [9.17, 15) is 5.11 Å². The molecule has 4 nitrogen and oxygen atoms in total. The van der Waals surface area contributed by atoms with Crippen molar-refractivity contribution in [2.24, 2.45) is 0 Å². The van der Waals surface area contributed by atoms with E-state index >= 15 is 0 Å². The molecule has 1 aromatic heterocycles. The molecule has 0 aliphatic heterocycles. The number of aryl methyl sites for hydroxylation is 1. The fraction of sp³-hybridized carbons (Fsp3) is 0.333. The normalized spacial score (nSPS) is 12.7. The highest BCUT2D eigenvalue weighted by Crippen LogP contribution is 2.19. The molecular formula is C12H14N2O2. The van der Waals surface area contributed by atoms with Gasteiger partial charge in [-0.1, -0.05) is 24.2 Å². The molecule has 0 bridgehead atoms. The summed E-state index contributed by atoms with van der Waals surface area (Å²) in [4.78, 5) is 4.11. The van der Waals surface area contributed by atoms with E-state index in [1.165, 1.54) is 5.56 Å². The van der Waals surface area contributed by atoms with E-state index in [0.29, 0.717) is 11.7 Å². The number of benzene rings is 1. The van der Waals surface area contributed by atoms with Crippen molar-refractivity contribution in [1.29, 1.82) is 0 Å². The first-order valence-corrected chi connectivity index (χ1v) is 5.31. The van der Waals surface area contributed by atoms with Crippen molar-refractivity contribution in [3.63, 3.8) is 0 Å². The van der Waals surface area contributed by atoms with Gasteiger partial charge in [0.05, 0.1) is 0 Å². The molecule has 0 saturated carbocycles. The van der Waals surface area contributed by atoms with Gasteiger partial charge in [0.2, 0.25) is 0 Å². The molecule has 0 radical (unpaired) electrons. The van der Waals surface area contributed by atoms with Crippen LogP contribution in [0.4, 0.5) is 0 Å². The van der Waals surface area contributed by atoms with Gasteiger partial charge in [-0.3, -0.25) is 0 Å². The van der Waals surface area contributed by atoms with Crippen LogP contribution in [0, 0.1) is 0 Å². The van der Waals surface area contributed by atoms with E-state index in [-0.39, 0.29) is 0 Å². The second-order valence-corrected chi connectivity index (χ2v) is 3.68. The maximum absolute atomic E-state index is 9.28. The van der Waals surface area contributed by atoms with Crippen LogP contribution in [0.5, 0.6) is 0 Å². The van der Waals surface area contributed by atoms with E-state index in [1.807, 2.05) is 24.3 Å². The summed E-state index contributed by atoms with van der Waals surface area (Å²) in [7, 11) is 0. The van der Waals surface area contributed by atoms with Gasteiger partial charge in [-0.15, -0.1) is 0 Å². The van der Waals surface area contributed by atoms with Crippen molar-refractivity contribution in [1.82, 2.24) is 10.1 Å². The third-order valence-electron chi connectivity index (χ3n) is 2.42. The van der Waals surface area contributed by atoms with Gasteiger partial charge >= 0.3 is 0 Å². The van der Waals surface area contributed by atoms with Crippen LogP contribution in [0.2, 0.25) is 0 Å². The molecule has 0 saturated heterocycles. The SMILES string of the molecule is CCc1ccc(-c2nc(C(C)O)no2)cc1. The molecule has 1 aromatic carbocycles. The molecule has 0 amide bonds. The van der Waals surface area contributed by atoms with Gasteiger partial charge in [0.15, 0.2) is 5.82 Å². The predicted molar refractivity (Wildman–Crippen MR) is 59.7 cm³/mol. The number of aromatic nitrogens is 2. The Balaban J connectivity index is 2.28. The lowest BCUT2D eigenvalue weighted by Crippen LogP contribution is -1.92. The molecule has 2 aromatic rings. The highest BCUT2D eigenvalue weighted by Gasteiger charge is 2.11. The molecule has 0 fully saturated rings. The number of aliphatic hydroxyl groups is 1.